The molecule has 0 heterocycles. The lowest BCUT2D eigenvalue weighted by atomic mass is 10.0. The number of carbonyl (C=O) groups is 1. The van der Waals surface area contributed by atoms with Crippen LogP contribution in [0.25, 0.3) is 0 Å². The summed E-state index contributed by atoms with van der Waals surface area (Å²) < 4.78 is 0. The van der Waals surface area contributed by atoms with Crippen LogP contribution in [-0.2, 0) is 4.79 Å². The standard InChI is InChI=1S/C10H20O.C10H16O/c2*1-9(2)5-4-6-10(3)7-8-11/h5,10-11H,4,6-8H2,1-3H3;5,7-8H,4,6H2,1-3H3/b;10-7+. The minimum Gasteiger partial charge on any atom is -0.396 e. The Morgan fingerprint density at radius 1 is 0.955 bits per heavy atom. The van der Waals surface area contributed by atoms with Gasteiger partial charge in [0.1, 0.15) is 6.29 Å². The van der Waals surface area contributed by atoms with Crippen molar-refractivity contribution in [2.45, 2.75) is 73.6 Å². The monoisotopic (exact) mass is 308 g/mol. The molecule has 2 heteroatoms. The van der Waals surface area contributed by atoms with Gasteiger partial charge in [-0.3, -0.25) is 4.79 Å². The van der Waals surface area contributed by atoms with E-state index in [1.54, 1.807) is 6.08 Å². The minimum atomic E-state index is 0.329. The van der Waals surface area contributed by atoms with Crippen molar-refractivity contribution < 1.29 is 9.90 Å². The van der Waals surface area contributed by atoms with Crippen LogP contribution in [0.4, 0.5) is 0 Å². The van der Waals surface area contributed by atoms with Gasteiger partial charge in [0.25, 0.3) is 0 Å². The summed E-state index contributed by atoms with van der Waals surface area (Å²) in [7, 11) is 0. The summed E-state index contributed by atoms with van der Waals surface area (Å²) in [6.45, 7) is 12.9. The van der Waals surface area contributed by atoms with Gasteiger partial charge in [-0.25, -0.2) is 0 Å². The van der Waals surface area contributed by atoms with E-state index in [9.17, 15) is 4.79 Å². The van der Waals surface area contributed by atoms with E-state index in [2.05, 4.69) is 46.8 Å². The topological polar surface area (TPSA) is 37.3 Å². The number of rotatable bonds is 9. The van der Waals surface area contributed by atoms with Gasteiger partial charge < -0.3 is 5.11 Å². The van der Waals surface area contributed by atoms with Crippen LogP contribution in [-0.4, -0.2) is 18.0 Å². The summed E-state index contributed by atoms with van der Waals surface area (Å²) in [5, 5.41) is 8.63. The maximum atomic E-state index is 10.0. The van der Waals surface area contributed by atoms with E-state index in [4.69, 9.17) is 5.11 Å². The highest BCUT2D eigenvalue weighted by atomic mass is 16.3. The third-order valence-corrected chi connectivity index (χ3v) is 3.28. The number of aliphatic hydroxyl groups is 1. The Morgan fingerprint density at radius 3 is 1.95 bits per heavy atom. The van der Waals surface area contributed by atoms with Crippen molar-refractivity contribution in [3.8, 4) is 0 Å². The highest BCUT2D eigenvalue weighted by molar-refractivity contribution is 5.65. The Kier molecular flexibility index (Phi) is 17.1. The molecule has 0 spiro atoms. The van der Waals surface area contributed by atoms with Crippen LogP contribution in [0.3, 0.4) is 0 Å². The Balaban J connectivity index is 0. The van der Waals surface area contributed by atoms with E-state index in [0.29, 0.717) is 12.5 Å². The van der Waals surface area contributed by atoms with Gasteiger partial charge in [0, 0.05) is 6.61 Å². The summed E-state index contributed by atoms with van der Waals surface area (Å²) in [5.74, 6) is 0.663. The largest absolute Gasteiger partial charge is 0.396 e. The van der Waals surface area contributed by atoms with Gasteiger partial charge in [0.15, 0.2) is 0 Å². The molecule has 0 aliphatic carbocycles. The molecular formula is C20H36O2. The summed E-state index contributed by atoms with van der Waals surface area (Å²) in [6, 6.07) is 0. The second-order valence-corrected chi connectivity index (χ2v) is 6.45. The maximum Gasteiger partial charge on any atom is 0.142 e. The number of hydrogen-bond donors (Lipinski definition) is 1. The van der Waals surface area contributed by atoms with E-state index in [1.807, 2.05) is 6.92 Å². The number of hydrogen-bond acceptors (Lipinski definition) is 2. The first-order valence-electron chi connectivity index (χ1n) is 8.32. The molecule has 1 atom stereocenters. The molecule has 1 N–H and O–H groups in total. The van der Waals surface area contributed by atoms with Crippen LogP contribution in [0.15, 0.2) is 34.9 Å². The lowest BCUT2D eigenvalue weighted by molar-refractivity contribution is -0.104. The third kappa shape index (κ3) is 21.2. The van der Waals surface area contributed by atoms with Crippen molar-refractivity contribution in [1.82, 2.24) is 0 Å². The van der Waals surface area contributed by atoms with Gasteiger partial charge in [0.05, 0.1) is 0 Å². The predicted molar refractivity (Wildman–Crippen MR) is 98.0 cm³/mol. The Hall–Kier alpha value is -1.15. The molecule has 2 nitrogen and oxygen atoms in total. The molecule has 1 unspecified atom stereocenters. The fourth-order valence-corrected chi connectivity index (χ4v) is 1.81. The molecule has 0 amide bonds. The lowest BCUT2D eigenvalue weighted by Gasteiger charge is -2.06. The summed E-state index contributed by atoms with van der Waals surface area (Å²) >= 11 is 0. The number of allylic oxidation sites excluding steroid dienone is 6. The van der Waals surface area contributed by atoms with Crippen LogP contribution in [0.1, 0.15) is 73.6 Å². The first kappa shape index (κ1) is 23.1. The highest BCUT2D eigenvalue weighted by Crippen LogP contribution is 2.10. The Labute approximate surface area is 138 Å². The fourth-order valence-electron chi connectivity index (χ4n) is 1.81. The molecule has 0 aromatic carbocycles. The van der Waals surface area contributed by atoms with Crippen molar-refractivity contribution in [1.29, 1.82) is 0 Å². The second-order valence-electron chi connectivity index (χ2n) is 6.45. The van der Waals surface area contributed by atoms with Crippen molar-refractivity contribution in [2.24, 2.45) is 5.92 Å². The van der Waals surface area contributed by atoms with E-state index >= 15 is 0 Å². The zero-order chi connectivity index (χ0) is 17.4. The van der Waals surface area contributed by atoms with Gasteiger partial charge in [-0.2, -0.15) is 0 Å². The molecule has 0 aliphatic heterocycles. The van der Waals surface area contributed by atoms with Crippen molar-refractivity contribution in [3.05, 3.63) is 34.9 Å². The molecular weight excluding hydrogens is 272 g/mol. The molecule has 0 aliphatic rings. The highest BCUT2D eigenvalue weighted by Gasteiger charge is 1.98. The van der Waals surface area contributed by atoms with Gasteiger partial charge >= 0.3 is 0 Å². The molecule has 22 heavy (non-hydrogen) atoms. The Morgan fingerprint density at radius 2 is 1.50 bits per heavy atom. The zero-order valence-electron chi connectivity index (χ0n) is 15.5. The van der Waals surface area contributed by atoms with Crippen molar-refractivity contribution in [2.75, 3.05) is 6.61 Å². The molecule has 0 saturated heterocycles. The smallest absolute Gasteiger partial charge is 0.142 e. The average molecular weight is 309 g/mol. The second kappa shape index (κ2) is 16.2. The molecule has 0 aromatic heterocycles. The number of carbonyl (C=O) groups excluding carboxylic acids is 1. The summed E-state index contributed by atoms with van der Waals surface area (Å²) in [6.07, 6.45) is 12.2. The van der Waals surface area contributed by atoms with Crippen LogP contribution < -0.4 is 0 Å². The molecule has 128 valence electrons. The van der Waals surface area contributed by atoms with Crippen LogP contribution in [0, 0.1) is 5.92 Å². The number of aldehydes is 1. The first-order chi connectivity index (χ1) is 10.3. The normalized spacial score (nSPS) is 11.9. The first-order valence-corrected chi connectivity index (χ1v) is 8.32. The van der Waals surface area contributed by atoms with Gasteiger partial charge in [0.2, 0.25) is 0 Å². The summed E-state index contributed by atoms with van der Waals surface area (Å²) in [5.41, 5.74) is 3.88. The van der Waals surface area contributed by atoms with E-state index in [0.717, 1.165) is 37.5 Å². The quantitative estimate of drug-likeness (QED) is 0.340. The number of aliphatic hydroxyl groups excluding tert-OH is 1. The SMILES string of the molecule is CC(C)=CCC/C(C)=C/C=O.CC(C)=CCCC(C)CCO. The fraction of sp³-hybridized carbons (Fsp3) is 0.650. The van der Waals surface area contributed by atoms with E-state index in [-0.39, 0.29) is 0 Å². The molecule has 0 bridgehead atoms. The molecule has 0 aromatic rings. The van der Waals surface area contributed by atoms with Crippen molar-refractivity contribution >= 4 is 6.29 Å². The molecule has 0 fully saturated rings. The van der Waals surface area contributed by atoms with Crippen LogP contribution >= 0.6 is 0 Å². The average Bonchev–Trinajstić information content (AvgIpc) is 2.39. The minimum absolute atomic E-state index is 0.329. The maximum absolute atomic E-state index is 10.0. The van der Waals surface area contributed by atoms with Crippen LogP contribution in [0.2, 0.25) is 0 Å². The van der Waals surface area contributed by atoms with Gasteiger partial charge in [-0.1, -0.05) is 35.8 Å². The van der Waals surface area contributed by atoms with Gasteiger partial charge in [-0.05, 0) is 78.7 Å². The van der Waals surface area contributed by atoms with E-state index in [1.165, 1.54) is 17.6 Å². The third-order valence-electron chi connectivity index (χ3n) is 3.28. The van der Waals surface area contributed by atoms with Gasteiger partial charge in [-0.15, -0.1) is 0 Å². The molecule has 0 radical (unpaired) electrons. The van der Waals surface area contributed by atoms with E-state index < -0.39 is 0 Å². The zero-order valence-corrected chi connectivity index (χ0v) is 15.5. The van der Waals surface area contributed by atoms with Crippen molar-refractivity contribution in [3.63, 3.8) is 0 Å². The summed E-state index contributed by atoms with van der Waals surface area (Å²) in [4.78, 5) is 10.0. The Bertz CT molecular complexity index is 354. The molecule has 0 rings (SSSR count). The predicted octanol–water partition coefficient (Wildman–Crippen LogP) is 5.63. The molecule has 0 saturated carbocycles. The van der Waals surface area contributed by atoms with Crippen LogP contribution in [0.5, 0.6) is 0 Å². The lowest BCUT2D eigenvalue weighted by Crippen LogP contribution is -1.96.